The van der Waals surface area contributed by atoms with Gasteiger partial charge in [-0.15, -0.1) is 0 Å². The predicted molar refractivity (Wildman–Crippen MR) is 174 cm³/mol. The molecule has 2 fully saturated rings. The fourth-order valence-corrected chi connectivity index (χ4v) is 6.42. The zero-order chi connectivity index (χ0) is 30.2. The monoisotopic (exact) mass is 644 g/mol. The average molecular weight is 646 g/mol. The number of ether oxygens (including phenoxy) is 1. The highest BCUT2D eigenvalue weighted by Gasteiger charge is 2.21. The van der Waals surface area contributed by atoms with Gasteiger partial charge in [0.2, 0.25) is 11.8 Å². The van der Waals surface area contributed by atoms with E-state index >= 15 is 0 Å². The Bertz CT molecular complexity index is 1350. The molecule has 2 aliphatic heterocycles. The number of likely N-dealkylation sites (tertiary alicyclic amines) is 1. The molecule has 3 aromatic rings. The Morgan fingerprint density at radius 3 is 2.42 bits per heavy atom. The highest BCUT2D eigenvalue weighted by Crippen LogP contribution is 2.31. The highest BCUT2D eigenvalue weighted by molar-refractivity contribution is 7.93. The number of benzene rings is 1. The van der Waals surface area contributed by atoms with Crippen molar-refractivity contribution in [3.8, 4) is 22.9 Å². The lowest BCUT2D eigenvalue weighted by Crippen LogP contribution is -2.47. The number of rotatable bonds is 11. The summed E-state index contributed by atoms with van der Waals surface area (Å²) in [5.41, 5.74) is 2.64. The molecule has 1 amide bonds. The van der Waals surface area contributed by atoms with Crippen molar-refractivity contribution < 1.29 is 14.1 Å². The Kier molecular flexibility index (Phi) is 11.4. The number of piperazine rings is 1. The van der Waals surface area contributed by atoms with Gasteiger partial charge in [0.15, 0.2) is 0 Å². The van der Waals surface area contributed by atoms with Crippen LogP contribution in [0.25, 0.3) is 11.3 Å². The first-order valence-electron chi connectivity index (χ1n) is 14.7. The Balaban J connectivity index is 1.28. The first-order valence-corrected chi connectivity index (χ1v) is 16.4. The van der Waals surface area contributed by atoms with E-state index in [4.69, 9.17) is 37.5 Å². The van der Waals surface area contributed by atoms with E-state index in [-0.39, 0.29) is 5.91 Å². The second kappa shape index (κ2) is 15.4. The van der Waals surface area contributed by atoms with Gasteiger partial charge < -0.3 is 19.5 Å². The third kappa shape index (κ3) is 9.44. The first-order chi connectivity index (χ1) is 20.8. The van der Waals surface area contributed by atoms with Crippen molar-refractivity contribution in [2.75, 3.05) is 63.0 Å². The summed E-state index contributed by atoms with van der Waals surface area (Å²) in [6.07, 6.45) is 3.83. The van der Waals surface area contributed by atoms with E-state index in [1.165, 1.54) is 0 Å². The van der Waals surface area contributed by atoms with Gasteiger partial charge in [-0.3, -0.25) is 14.6 Å². The molecular formula is C31H38Cl2N6O3S. The maximum atomic E-state index is 11.3. The number of halogens is 2. The number of hydrogen-bond donors (Lipinski definition) is 2. The van der Waals surface area contributed by atoms with E-state index < -0.39 is 0 Å². The van der Waals surface area contributed by atoms with E-state index in [0.717, 1.165) is 112 Å². The Hall–Kier alpha value is -2.60. The molecule has 0 bridgehead atoms. The van der Waals surface area contributed by atoms with Crippen molar-refractivity contribution in [1.29, 1.82) is 0 Å². The van der Waals surface area contributed by atoms with Gasteiger partial charge in [-0.05, 0) is 85.9 Å². The minimum Gasteiger partial charge on any atom is -0.437 e. The molecular weight excluding hydrogens is 607 g/mol. The molecule has 2 N–H and O–H groups in total. The number of pyridine rings is 2. The summed E-state index contributed by atoms with van der Waals surface area (Å²) in [5.74, 6) is 3.27. The fourth-order valence-electron chi connectivity index (χ4n) is 5.56. The molecule has 0 aliphatic carbocycles. The number of carbonyl (C=O) groups is 1. The maximum absolute atomic E-state index is 11.3. The summed E-state index contributed by atoms with van der Waals surface area (Å²) in [6, 6.07) is 13.4. The quantitative estimate of drug-likeness (QED) is 0.247. The van der Waals surface area contributed by atoms with Crippen LogP contribution in [0.2, 0.25) is 10.0 Å². The zero-order valence-electron chi connectivity index (χ0n) is 24.3. The Morgan fingerprint density at radius 1 is 1.02 bits per heavy atom. The van der Waals surface area contributed by atoms with Gasteiger partial charge in [0.1, 0.15) is 11.6 Å². The number of amides is 1. The predicted octanol–water partition coefficient (Wildman–Crippen LogP) is 5.92. The molecule has 0 unspecified atom stereocenters. The van der Waals surface area contributed by atoms with E-state index in [0.29, 0.717) is 27.6 Å². The molecule has 2 saturated heterocycles. The molecule has 230 valence electrons. The fraction of sp³-hybridized carbons (Fsp3) is 0.452. The van der Waals surface area contributed by atoms with Crippen LogP contribution < -0.4 is 15.0 Å². The van der Waals surface area contributed by atoms with E-state index in [9.17, 15) is 4.79 Å². The Morgan fingerprint density at radius 2 is 1.77 bits per heavy atom. The molecule has 0 atom stereocenters. The highest BCUT2D eigenvalue weighted by atomic mass is 35.5. The lowest BCUT2D eigenvalue weighted by molar-refractivity contribution is -0.119. The molecule has 2 aromatic heterocycles. The molecule has 5 rings (SSSR count). The number of aromatic nitrogens is 2. The van der Waals surface area contributed by atoms with Gasteiger partial charge in [0.05, 0.1) is 11.9 Å². The molecule has 12 heteroatoms. The number of piperidine rings is 1. The van der Waals surface area contributed by atoms with Crippen LogP contribution in [0.15, 0.2) is 48.7 Å². The van der Waals surface area contributed by atoms with Crippen LogP contribution in [0, 0.1) is 5.92 Å². The summed E-state index contributed by atoms with van der Waals surface area (Å²) in [4.78, 5) is 27.8. The lowest BCUT2D eigenvalue weighted by Gasteiger charge is -2.35. The van der Waals surface area contributed by atoms with Crippen molar-refractivity contribution in [3.05, 3.63) is 64.3 Å². The van der Waals surface area contributed by atoms with Crippen molar-refractivity contribution >= 4 is 47.0 Å². The van der Waals surface area contributed by atoms with Gasteiger partial charge in [-0.1, -0.05) is 23.2 Å². The molecule has 1 aromatic carbocycles. The van der Waals surface area contributed by atoms with Gasteiger partial charge in [-0.2, -0.15) is 0 Å². The SMILES string of the molecule is CC(=O)NCC1CCN(Cc2cc(Oc3ccc(N4CCN(CCSO)CC4)nc3)nc(-c3cc(Cl)cc(Cl)c3)c2)CC1. The van der Waals surface area contributed by atoms with Crippen molar-refractivity contribution in [2.45, 2.75) is 26.3 Å². The minimum atomic E-state index is 0.0256. The summed E-state index contributed by atoms with van der Waals surface area (Å²) >= 11 is 13.6. The van der Waals surface area contributed by atoms with Gasteiger partial charge in [0, 0.05) is 80.2 Å². The van der Waals surface area contributed by atoms with Crippen LogP contribution in [0.3, 0.4) is 0 Å². The lowest BCUT2D eigenvalue weighted by atomic mass is 9.96. The standard InChI is InChI=1S/C31H38Cl2N6O3S/c1-22(40)34-19-23-4-6-38(7-5-23)21-24-14-29(25-16-26(32)18-27(33)17-25)36-31(15-24)42-28-2-3-30(35-20-28)39-10-8-37(9-11-39)12-13-43-41/h2-3,14-18,20,23,41H,4-13,19,21H2,1H3,(H,34,40). The minimum absolute atomic E-state index is 0.0256. The zero-order valence-corrected chi connectivity index (χ0v) is 26.7. The van der Waals surface area contributed by atoms with Crippen LogP contribution in [0.1, 0.15) is 25.3 Å². The van der Waals surface area contributed by atoms with Gasteiger partial charge >= 0.3 is 0 Å². The largest absolute Gasteiger partial charge is 0.437 e. The molecule has 43 heavy (non-hydrogen) atoms. The van der Waals surface area contributed by atoms with E-state index in [1.807, 2.05) is 30.3 Å². The van der Waals surface area contributed by atoms with Crippen LogP contribution in [-0.4, -0.2) is 88.3 Å². The second-order valence-electron chi connectivity index (χ2n) is 11.1. The second-order valence-corrected chi connectivity index (χ2v) is 12.7. The van der Waals surface area contributed by atoms with Crippen molar-refractivity contribution in [2.24, 2.45) is 5.92 Å². The summed E-state index contributed by atoms with van der Waals surface area (Å²) < 4.78 is 15.3. The number of hydrogen-bond acceptors (Lipinski definition) is 9. The molecule has 0 radical (unpaired) electrons. The van der Waals surface area contributed by atoms with Gasteiger partial charge in [-0.25, -0.2) is 9.97 Å². The van der Waals surface area contributed by atoms with Crippen molar-refractivity contribution in [3.63, 3.8) is 0 Å². The number of nitrogens with one attached hydrogen (secondary N) is 1. The molecule has 2 aliphatic rings. The smallest absolute Gasteiger partial charge is 0.220 e. The molecule has 9 nitrogen and oxygen atoms in total. The first kappa shape index (κ1) is 31.8. The third-order valence-corrected chi connectivity index (χ3v) is 8.71. The van der Waals surface area contributed by atoms with Crippen LogP contribution in [-0.2, 0) is 11.3 Å². The molecule has 4 heterocycles. The number of anilines is 1. The number of carbonyl (C=O) groups excluding carboxylic acids is 1. The third-order valence-electron chi connectivity index (χ3n) is 7.91. The van der Waals surface area contributed by atoms with Crippen molar-refractivity contribution in [1.82, 2.24) is 25.1 Å². The van der Waals surface area contributed by atoms with Gasteiger partial charge in [0.25, 0.3) is 0 Å². The topological polar surface area (TPSA) is 94.1 Å². The van der Waals surface area contributed by atoms with E-state index in [2.05, 4.69) is 31.1 Å². The van der Waals surface area contributed by atoms with Crippen LogP contribution in [0.5, 0.6) is 11.6 Å². The molecule has 0 saturated carbocycles. The molecule has 0 spiro atoms. The average Bonchev–Trinajstić information content (AvgIpc) is 3.00. The summed E-state index contributed by atoms with van der Waals surface area (Å²) in [6.45, 7) is 9.55. The van der Waals surface area contributed by atoms with E-state index in [1.54, 1.807) is 19.2 Å². The van der Waals surface area contributed by atoms with Crippen LogP contribution in [0.4, 0.5) is 5.82 Å². The van der Waals surface area contributed by atoms with Crippen LogP contribution >= 0.6 is 35.2 Å². The maximum Gasteiger partial charge on any atom is 0.220 e. The summed E-state index contributed by atoms with van der Waals surface area (Å²) in [7, 11) is 0. The normalized spacial score (nSPS) is 16.8. The Labute approximate surface area is 267 Å². The number of nitrogens with zero attached hydrogens (tertiary/aromatic N) is 5. The summed E-state index contributed by atoms with van der Waals surface area (Å²) in [5, 5.41) is 4.05.